The molecule has 2 aromatic heterocycles. The molecule has 0 saturated heterocycles. The summed E-state index contributed by atoms with van der Waals surface area (Å²) in [6.07, 6.45) is 2.90. The largest absolute Gasteiger partial charge is 0.497 e. The Labute approximate surface area is 195 Å². The highest BCUT2D eigenvalue weighted by Gasteiger charge is 2.17. The van der Waals surface area contributed by atoms with Crippen molar-refractivity contribution in [3.05, 3.63) is 95.4 Å². The monoisotopic (exact) mass is 458 g/mol. The van der Waals surface area contributed by atoms with Crippen LogP contribution in [-0.2, 0) is 11.3 Å². The van der Waals surface area contributed by atoms with Crippen LogP contribution in [0.1, 0.15) is 27.6 Å². The number of carbonyl (C=O) groups is 2. The van der Waals surface area contributed by atoms with Gasteiger partial charge in [-0.2, -0.15) is 4.98 Å². The molecule has 34 heavy (non-hydrogen) atoms. The molecule has 0 aliphatic heterocycles. The fourth-order valence-corrected chi connectivity index (χ4v) is 3.01. The molecule has 2 amide bonds. The summed E-state index contributed by atoms with van der Waals surface area (Å²) in [6, 6.07) is 17.5. The Bertz CT molecular complexity index is 1290. The SMILES string of the molecule is COc1ccc(C(=O)N/C(=C\c2ccco2)C(=O)NCc2nc(-c3ccc(C)cc3)no2)cc1. The van der Waals surface area contributed by atoms with Gasteiger partial charge >= 0.3 is 0 Å². The third-order valence-corrected chi connectivity index (χ3v) is 4.85. The van der Waals surface area contributed by atoms with E-state index in [2.05, 4.69) is 20.8 Å². The van der Waals surface area contributed by atoms with E-state index < -0.39 is 11.8 Å². The van der Waals surface area contributed by atoms with E-state index in [1.165, 1.54) is 19.4 Å². The smallest absolute Gasteiger partial charge is 0.268 e. The number of ether oxygens (including phenoxy) is 1. The van der Waals surface area contributed by atoms with Crippen molar-refractivity contribution in [2.75, 3.05) is 7.11 Å². The maximum absolute atomic E-state index is 12.9. The minimum Gasteiger partial charge on any atom is -0.497 e. The molecule has 0 saturated carbocycles. The number of benzene rings is 2. The number of furan rings is 1. The first-order chi connectivity index (χ1) is 16.5. The predicted molar refractivity (Wildman–Crippen MR) is 123 cm³/mol. The van der Waals surface area contributed by atoms with Crippen molar-refractivity contribution in [1.29, 1.82) is 0 Å². The Morgan fingerprint density at radius 3 is 2.50 bits per heavy atom. The van der Waals surface area contributed by atoms with Gasteiger partial charge in [0.25, 0.3) is 11.8 Å². The molecule has 4 aromatic rings. The number of carbonyl (C=O) groups excluding carboxylic acids is 2. The Balaban J connectivity index is 1.45. The van der Waals surface area contributed by atoms with Crippen molar-refractivity contribution in [3.8, 4) is 17.1 Å². The van der Waals surface area contributed by atoms with Gasteiger partial charge in [0, 0.05) is 17.2 Å². The summed E-state index contributed by atoms with van der Waals surface area (Å²) in [5, 5.41) is 9.26. The zero-order valence-electron chi connectivity index (χ0n) is 18.6. The number of hydrogen-bond acceptors (Lipinski definition) is 7. The van der Waals surface area contributed by atoms with Crippen molar-refractivity contribution < 1.29 is 23.3 Å². The van der Waals surface area contributed by atoms with E-state index in [1.54, 1.807) is 36.4 Å². The second-order valence-corrected chi connectivity index (χ2v) is 7.32. The van der Waals surface area contributed by atoms with Crippen molar-refractivity contribution >= 4 is 17.9 Å². The zero-order chi connectivity index (χ0) is 23.9. The van der Waals surface area contributed by atoms with Gasteiger partial charge in [0.05, 0.1) is 19.9 Å². The van der Waals surface area contributed by atoms with Gasteiger partial charge in [0.2, 0.25) is 11.7 Å². The van der Waals surface area contributed by atoms with Crippen LogP contribution in [0.2, 0.25) is 0 Å². The van der Waals surface area contributed by atoms with Crippen molar-refractivity contribution in [2.45, 2.75) is 13.5 Å². The molecule has 2 N–H and O–H groups in total. The molecule has 4 rings (SSSR count). The topological polar surface area (TPSA) is 119 Å². The highest BCUT2D eigenvalue weighted by Crippen LogP contribution is 2.16. The van der Waals surface area contributed by atoms with Gasteiger partial charge in [-0.15, -0.1) is 0 Å². The van der Waals surface area contributed by atoms with Crippen molar-refractivity contribution in [1.82, 2.24) is 20.8 Å². The summed E-state index contributed by atoms with van der Waals surface area (Å²) in [5.74, 6) is 0.652. The molecule has 0 atom stereocenters. The van der Waals surface area contributed by atoms with E-state index >= 15 is 0 Å². The van der Waals surface area contributed by atoms with Crippen molar-refractivity contribution in [2.24, 2.45) is 0 Å². The Kier molecular flexibility index (Phi) is 6.83. The van der Waals surface area contributed by atoms with Gasteiger partial charge in [-0.3, -0.25) is 9.59 Å². The number of amides is 2. The number of methoxy groups -OCH3 is 1. The average Bonchev–Trinajstić information content (AvgIpc) is 3.55. The predicted octanol–water partition coefficient (Wildman–Crippen LogP) is 3.73. The molecule has 0 aliphatic rings. The lowest BCUT2D eigenvalue weighted by Gasteiger charge is -2.10. The molecule has 2 heterocycles. The van der Waals surface area contributed by atoms with E-state index in [4.69, 9.17) is 13.7 Å². The Hall–Kier alpha value is -4.66. The summed E-state index contributed by atoms with van der Waals surface area (Å²) in [4.78, 5) is 29.9. The van der Waals surface area contributed by atoms with Crippen LogP contribution in [0.15, 0.2) is 81.6 Å². The first-order valence-corrected chi connectivity index (χ1v) is 10.4. The third-order valence-electron chi connectivity index (χ3n) is 4.85. The maximum Gasteiger partial charge on any atom is 0.268 e. The molecule has 9 heteroatoms. The summed E-state index contributed by atoms with van der Waals surface area (Å²) in [5.41, 5.74) is 2.28. The second-order valence-electron chi connectivity index (χ2n) is 7.32. The summed E-state index contributed by atoms with van der Waals surface area (Å²) < 4.78 is 15.6. The molecule has 0 bridgehead atoms. The van der Waals surface area contributed by atoms with Crippen LogP contribution in [0, 0.1) is 6.92 Å². The molecule has 0 fully saturated rings. The average molecular weight is 458 g/mol. The standard InChI is InChI=1S/C25H22N4O5/c1-16-5-7-17(8-6-16)23-28-22(34-29-23)15-26-25(31)21(14-20-4-3-13-33-20)27-24(30)18-9-11-19(32-2)12-10-18/h3-14H,15H2,1-2H3,(H,26,31)(H,27,30)/b21-14-. The quantitative estimate of drug-likeness (QED) is 0.386. The van der Waals surface area contributed by atoms with Gasteiger partial charge in [-0.05, 0) is 43.3 Å². The van der Waals surface area contributed by atoms with E-state index in [0.717, 1.165) is 11.1 Å². The van der Waals surface area contributed by atoms with Crippen LogP contribution in [0.4, 0.5) is 0 Å². The minimum absolute atomic E-state index is 0.00552. The van der Waals surface area contributed by atoms with E-state index in [1.807, 2.05) is 31.2 Å². The van der Waals surface area contributed by atoms with Gasteiger partial charge in [-0.25, -0.2) is 0 Å². The fraction of sp³-hybridized carbons (Fsp3) is 0.120. The minimum atomic E-state index is -0.548. The van der Waals surface area contributed by atoms with Crippen molar-refractivity contribution in [3.63, 3.8) is 0 Å². The van der Waals surface area contributed by atoms with Gasteiger partial charge in [-0.1, -0.05) is 35.0 Å². The van der Waals surface area contributed by atoms with E-state index in [-0.39, 0.29) is 18.1 Å². The molecular weight excluding hydrogens is 436 g/mol. The lowest BCUT2D eigenvalue weighted by atomic mass is 10.1. The molecule has 0 aliphatic carbocycles. The molecule has 0 unspecified atom stereocenters. The molecule has 9 nitrogen and oxygen atoms in total. The Morgan fingerprint density at radius 2 is 1.82 bits per heavy atom. The Morgan fingerprint density at radius 1 is 1.06 bits per heavy atom. The van der Waals surface area contributed by atoms with Gasteiger partial charge < -0.3 is 24.3 Å². The lowest BCUT2D eigenvalue weighted by molar-refractivity contribution is -0.118. The lowest BCUT2D eigenvalue weighted by Crippen LogP contribution is -2.34. The molecule has 0 radical (unpaired) electrons. The number of aryl methyl sites for hydroxylation is 1. The molecule has 172 valence electrons. The summed E-state index contributed by atoms with van der Waals surface area (Å²) in [7, 11) is 1.54. The van der Waals surface area contributed by atoms with Crippen LogP contribution in [0.5, 0.6) is 5.75 Å². The van der Waals surface area contributed by atoms with E-state index in [9.17, 15) is 9.59 Å². The normalized spacial score (nSPS) is 11.2. The third kappa shape index (κ3) is 5.57. The van der Waals surface area contributed by atoms with Gasteiger partial charge in [0.1, 0.15) is 17.2 Å². The number of aromatic nitrogens is 2. The van der Waals surface area contributed by atoms with Crippen LogP contribution in [0.25, 0.3) is 17.5 Å². The van der Waals surface area contributed by atoms with Gasteiger partial charge in [0.15, 0.2) is 0 Å². The second kappa shape index (κ2) is 10.3. The van der Waals surface area contributed by atoms with Crippen LogP contribution >= 0.6 is 0 Å². The first kappa shape index (κ1) is 22.5. The fourth-order valence-electron chi connectivity index (χ4n) is 3.01. The van der Waals surface area contributed by atoms with Crippen LogP contribution < -0.4 is 15.4 Å². The zero-order valence-corrected chi connectivity index (χ0v) is 18.6. The number of hydrogen-bond donors (Lipinski definition) is 2. The summed E-state index contributed by atoms with van der Waals surface area (Å²) in [6.45, 7) is 1.97. The van der Waals surface area contributed by atoms with Crippen LogP contribution in [0.3, 0.4) is 0 Å². The first-order valence-electron chi connectivity index (χ1n) is 10.4. The maximum atomic E-state index is 12.9. The number of nitrogens with one attached hydrogen (secondary N) is 2. The van der Waals surface area contributed by atoms with E-state index in [0.29, 0.717) is 22.9 Å². The summed E-state index contributed by atoms with van der Waals surface area (Å²) >= 11 is 0. The highest BCUT2D eigenvalue weighted by molar-refractivity contribution is 6.05. The molecule has 2 aromatic carbocycles. The number of nitrogens with zero attached hydrogens (tertiary/aromatic N) is 2. The number of rotatable bonds is 8. The molecular formula is C25H22N4O5. The highest BCUT2D eigenvalue weighted by atomic mass is 16.5. The van der Waals surface area contributed by atoms with Crippen LogP contribution in [-0.4, -0.2) is 29.1 Å². The molecule has 0 spiro atoms.